The molecule has 2 heterocycles. The second kappa shape index (κ2) is 8.64. The fourth-order valence-corrected chi connectivity index (χ4v) is 3.88. The van der Waals surface area contributed by atoms with E-state index in [1.807, 2.05) is 26.0 Å². The molecular formula is C22H19Cl2N5O3. The Hall–Kier alpha value is -3.36. The smallest absolute Gasteiger partial charge is 0.258 e. The van der Waals surface area contributed by atoms with Crippen LogP contribution < -0.4 is 21.5 Å². The highest BCUT2D eigenvalue weighted by atomic mass is 35.5. The number of nitrogens with one attached hydrogen (secondary N) is 4. The Morgan fingerprint density at radius 3 is 2.59 bits per heavy atom. The molecular weight excluding hydrogens is 453 g/mol. The maximum absolute atomic E-state index is 13.0. The molecule has 4 N–H and O–H groups in total. The SMILES string of the molecule is Cc1ccc(NC(=O)[C@H]2CC(=O)Nc3nc(Nc4ccc(Cl)cc4Cl)[nH]c(=O)c32)cc1C. The van der Waals surface area contributed by atoms with E-state index in [9.17, 15) is 14.4 Å². The summed E-state index contributed by atoms with van der Waals surface area (Å²) in [6.45, 7) is 3.90. The zero-order valence-electron chi connectivity index (χ0n) is 17.2. The fourth-order valence-electron chi connectivity index (χ4n) is 3.42. The summed E-state index contributed by atoms with van der Waals surface area (Å²) < 4.78 is 0. The van der Waals surface area contributed by atoms with Gasteiger partial charge in [0.2, 0.25) is 17.8 Å². The molecule has 32 heavy (non-hydrogen) atoms. The van der Waals surface area contributed by atoms with Crippen LogP contribution in [0.25, 0.3) is 0 Å². The van der Waals surface area contributed by atoms with E-state index >= 15 is 0 Å². The van der Waals surface area contributed by atoms with Gasteiger partial charge >= 0.3 is 0 Å². The van der Waals surface area contributed by atoms with E-state index in [4.69, 9.17) is 23.2 Å². The first-order valence-corrected chi connectivity index (χ1v) is 10.5. The van der Waals surface area contributed by atoms with Gasteiger partial charge in [-0.05, 0) is 55.3 Å². The molecule has 1 atom stereocenters. The van der Waals surface area contributed by atoms with E-state index in [0.29, 0.717) is 21.4 Å². The second-order valence-corrected chi connectivity index (χ2v) is 8.36. The quantitative estimate of drug-likeness (QED) is 0.446. The molecule has 0 saturated heterocycles. The Morgan fingerprint density at radius 2 is 1.88 bits per heavy atom. The summed E-state index contributed by atoms with van der Waals surface area (Å²) in [5, 5.41) is 9.04. The number of rotatable bonds is 4. The molecule has 10 heteroatoms. The standard InChI is InChI=1S/C22H19Cl2N5O3/c1-10-3-5-13(7-11(10)2)25-20(31)14-9-17(30)27-19-18(14)21(32)29-22(28-19)26-16-6-4-12(23)8-15(16)24/h3-8,14H,9H2,1-2H3,(H,25,31)(H3,26,27,28,29,30,32)/t14-/m0/s1. The van der Waals surface area contributed by atoms with Crippen molar-refractivity contribution >= 4 is 58.2 Å². The minimum Gasteiger partial charge on any atom is -0.326 e. The minimum atomic E-state index is -0.982. The Kier molecular flexibility index (Phi) is 5.90. The van der Waals surface area contributed by atoms with Crippen LogP contribution in [0.5, 0.6) is 0 Å². The van der Waals surface area contributed by atoms with E-state index < -0.39 is 23.3 Å². The van der Waals surface area contributed by atoms with Gasteiger partial charge < -0.3 is 16.0 Å². The van der Waals surface area contributed by atoms with Crippen molar-refractivity contribution < 1.29 is 9.59 Å². The van der Waals surface area contributed by atoms with Crippen LogP contribution in [0.2, 0.25) is 10.0 Å². The fraction of sp³-hybridized carbons (Fsp3) is 0.182. The number of carbonyl (C=O) groups excluding carboxylic acids is 2. The molecule has 164 valence electrons. The van der Waals surface area contributed by atoms with E-state index in [2.05, 4.69) is 25.9 Å². The Labute approximate surface area is 193 Å². The molecule has 0 aliphatic carbocycles. The van der Waals surface area contributed by atoms with Gasteiger partial charge in [-0.15, -0.1) is 0 Å². The third-order valence-corrected chi connectivity index (χ3v) is 5.77. The van der Waals surface area contributed by atoms with Crippen LogP contribution in [-0.4, -0.2) is 21.8 Å². The number of nitrogens with zero attached hydrogens (tertiary/aromatic N) is 1. The second-order valence-electron chi connectivity index (χ2n) is 7.52. The lowest BCUT2D eigenvalue weighted by Crippen LogP contribution is -2.36. The van der Waals surface area contributed by atoms with Crippen molar-refractivity contribution in [2.24, 2.45) is 0 Å². The highest BCUT2D eigenvalue weighted by Crippen LogP contribution is 2.31. The molecule has 4 rings (SSSR count). The lowest BCUT2D eigenvalue weighted by Gasteiger charge is -2.24. The maximum atomic E-state index is 13.0. The van der Waals surface area contributed by atoms with Crippen LogP contribution >= 0.6 is 23.2 Å². The number of hydrogen-bond donors (Lipinski definition) is 4. The van der Waals surface area contributed by atoms with Crippen molar-refractivity contribution in [2.45, 2.75) is 26.2 Å². The van der Waals surface area contributed by atoms with Crippen molar-refractivity contribution in [3.8, 4) is 0 Å². The van der Waals surface area contributed by atoms with Gasteiger partial charge in [-0.2, -0.15) is 4.98 Å². The van der Waals surface area contributed by atoms with Crippen molar-refractivity contribution in [1.82, 2.24) is 9.97 Å². The summed E-state index contributed by atoms with van der Waals surface area (Å²) in [7, 11) is 0. The largest absolute Gasteiger partial charge is 0.326 e. The van der Waals surface area contributed by atoms with Gasteiger partial charge in [-0.1, -0.05) is 29.3 Å². The lowest BCUT2D eigenvalue weighted by molar-refractivity contribution is -0.123. The number of benzene rings is 2. The number of H-pyrrole nitrogens is 1. The Morgan fingerprint density at radius 1 is 1.09 bits per heavy atom. The summed E-state index contributed by atoms with van der Waals surface area (Å²) in [6.07, 6.45) is -0.162. The molecule has 8 nitrogen and oxygen atoms in total. The lowest BCUT2D eigenvalue weighted by atomic mass is 9.92. The molecule has 1 aromatic heterocycles. The van der Waals surface area contributed by atoms with Gasteiger partial charge in [0.15, 0.2) is 0 Å². The van der Waals surface area contributed by atoms with Crippen molar-refractivity contribution in [1.29, 1.82) is 0 Å². The highest BCUT2D eigenvalue weighted by molar-refractivity contribution is 6.36. The van der Waals surface area contributed by atoms with E-state index in [-0.39, 0.29) is 23.8 Å². The van der Waals surface area contributed by atoms with Crippen LogP contribution in [0.4, 0.5) is 23.1 Å². The number of anilines is 4. The summed E-state index contributed by atoms with van der Waals surface area (Å²) >= 11 is 12.1. The summed E-state index contributed by atoms with van der Waals surface area (Å²) in [4.78, 5) is 45.0. The third-order valence-electron chi connectivity index (χ3n) is 5.23. The molecule has 1 aliphatic rings. The number of halogens is 2. The van der Waals surface area contributed by atoms with Crippen molar-refractivity contribution in [2.75, 3.05) is 16.0 Å². The predicted octanol–water partition coefficient (Wildman–Crippen LogP) is 4.50. The van der Waals surface area contributed by atoms with E-state index in [1.165, 1.54) is 6.07 Å². The minimum absolute atomic E-state index is 0.0258. The number of aromatic nitrogens is 2. The van der Waals surface area contributed by atoms with E-state index in [0.717, 1.165) is 11.1 Å². The number of aryl methyl sites for hydroxylation is 2. The molecule has 0 fully saturated rings. The van der Waals surface area contributed by atoms with Gasteiger partial charge in [0.05, 0.1) is 22.2 Å². The zero-order chi connectivity index (χ0) is 23.0. The predicted molar refractivity (Wildman–Crippen MR) is 125 cm³/mol. The zero-order valence-corrected chi connectivity index (χ0v) is 18.7. The average molecular weight is 472 g/mol. The number of aromatic amines is 1. The van der Waals surface area contributed by atoms with Crippen LogP contribution in [0.3, 0.4) is 0 Å². The van der Waals surface area contributed by atoms with Gasteiger partial charge in [0.25, 0.3) is 5.56 Å². The number of amides is 2. The molecule has 2 aromatic carbocycles. The molecule has 0 bridgehead atoms. The monoisotopic (exact) mass is 471 g/mol. The summed E-state index contributed by atoms with van der Waals surface area (Å²) in [5.41, 5.74) is 2.71. The molecule has 0 unspecified atom stereocenters. The molecule has 0 radical (unpaired) electrons. The molecule has 1 aliphatic heterocycles. The third kappa shape index (κ3) is 4.46. The molecule has 3 aromatic rings. The Balaban J connectivity index is 1.64. The molecule has 0 spiro atoms. The average Bonchev–Trinajstić information content (AvgIpc) is 2.72. The first kappa shape index (κ1) is 21.9. The van der Waals surface area contributed by atoms with Crippen LogP contribution in [0, 0.1) is 13.8 Å². The number of fused-ring (bicyclic) bond motifs is 1. The summed E-state index contributed by atoms with van der Waals surface area (Å²) in [6, 6.07) is 10.3. The van der Waals surface area contributed by atoms with E-state index in [1.54, 1.807) is 18.2 Å². The van der Waals surface area contributed by atoms with Gasteiger partial charge in [-0.3, -0.25) is 19.4 Å². The van der Waals surface area contributed by atoms with Crippen molar-refractivity contribution in [3.05, 3.63) is 73.5 Å². The number of carbonyl (C=O) groups is 2. The highest BCUT2D eigenvalue weighted by Gasteiger charge is 2.34. The normalized spacial score (nSPS) is 15.0. The van der Waals surface area contributed by atoms with Gasteiger partial charge in [0.1, 0.15) is 5.82 Å². The van der Waals surface area contributed by atoms with Crippen molar-refractivity contribution in [3.63, 3.8) is 0 Å². The first-order chi connectivity index (χ1) is 15.2. The maximum Gasteiger partial charge on any atom is 0.258 e. The summed E-state index contributed by atoms with van der Waals surface area (Å²) in [5.74, 6) is -1.76. The van der Waals surface area contributed by atoms with Crippen LogP contribution in [0.1, 0.15) is 29.0 Å². The number of hydrogen-bond acceptors (Lipinski definition) is 5. The van der Waals surface area contributed by atoms with Crippen LogP contribution in [0.15, 0.2) is 41.2 Å². The van der Waals surface area contributed by atoms with Gasteiger partial charge in [-0.25, -0.2) is 0 Å². The Bertz CT molecular complexity index is 1310. The first-order valence-electron chi connectivity index (χ1n) is 9.75. The molecule has 2 amide bonds. The topological polar surface area (TPSA) is 116 Å². The molecule has 0 saturated carbocycles. The van der Waals surface area contributed by atoms with Crippen LogP contribution in [-0.2, 0) is 9.59 Å². The van der Waals surface area contributed by atoms with Gasteiger partial charge in [0, 0.05) is 17.1 Å².